The molecule has 1 unspecified atom stereocenters. The quantitative estimate of drug-likeness (QED) is 0.0779. The Labute approximate surface area is 464 Å². The molecule has 1 aliphatic heterocycles. The number of nitrogens with zero attached hydrogens (tertiary/aromatic N) is 2. The molecule has 4 heteroatoms. The molecule has 12 aromatic carbocycles. The lowest BCUT2D eigenvalue weighted by Gasteiger charge is -2.28. The van der Waals surface area contributed by atoms with Crippen molar-refractivity contribution in [3.8, 4) is 22.3 Å². The van der Waals surface area contributed by atoms with Crippen LogP contribution in [0.2, 0.25) is 0 Å². The molecule has 380 valence electrons. The van der Waals surface area contributed by atoms with Crippen LogP contribution in [-0.2, 0) is 0 Å². The molecule has 1 aliphatic rings. The number of hydrogen-bond acceptors (Lipinski definition) is 4. The molecule has 3 heterocycles. The molecule has 1 atom stereocenters. The molecule has 0 saturated carbocycles. The monoisotopic (exact) mass is 1030 g/mol. The van der Waals surface area contributed by atoms with E-state index in [9.17, 15) is 0 Å². The molecule has 0 N–H and O–H groups in total. The van der Waals surface area contributed by atoms with Gasteiger partial charge in [0.25, 0.3) is 0 Å². The maximum absolute atomic E-state index is 7.61. The van der Waals surface area contributed by atoms with Gasteiger partial charge in [0.2, 0.25) is 0 Å². The maximum atomic E-state index is 7.61. The summed E-state index contributed by atoms with van der Waals surface area (Å²) in [6.45, 7) is 5.27. The van der Waals surface area contributed by atoms with Crippen LogP contribution in [0.1, 0.15) is 59.1 Å². The summed E-state index contributed by atoms with van der Waals surface area (Å²) in [5, 5.41) is 10.9. The zero-order chi connectivity index (χ0) is 53.3. The van der Waals surface area contributed by atoms with E-state index < -0.39 is 0 Å². The van der Waals surface area contributed by atoms with Crippen LogP contribution in [-0.4, -0.2) is 12.3 Å². The van der Waals surface area contributed by atoms with Gasteiger partial charge >= 0.3 is 0 Å². The largest absolute Gasteiger partial charge is 0.455 e. The minimum Gasteiger partial charge on any atom is -0.455 e. The van der Waals surface area contributed by atoms with Crippen molar-refractivity contribution in [2.45, 2.75) is 25.7 Å². The van der Waals surface area contributed by atoms with Crippen molar-refractivity contribution >= 4 is 93.3 Å². The number of aliphatic imine (C=N–C) groups is 1. The van der Waals surface area contributed by atoms with E-state index in [1.54, 1.807) is 0 Å². The third-order valence-electron chi connectivity index (χ3n) is 16.4. The van der Waals surface area contributed by atoms with E-state index in [0.29, 0.717) is 0 Å². The first-order chi connectivity index (χ1) is 39.5. The van der Waals surface area contributed by atoms with Crippen LogP contribution in [0.4, 0.5) is 11.4 Å². The molecule has 0 spiro atoms. The van der Waals surface area contributed by atoms with Crippen LogP contribution in [0.25, 0.3) is 98.4 Å². The molecule has 14 aromatic rings. The van der Waals surface area contributed by atoms with Gasteiger partial charge in [0, 0.05) is 67.7 Å². The number of para-hydroxylation sites is 2. The van der Waals surface area contributed by atoms with Crippen molar-refractivity contribution in [3.63, 3.8) is 0 Å². The predicted octanol–water partition coefficient (Wildman–Crippen LogP) is 20.6. The van der Waals surface area contributed by atoms with Crippen molar-refractivity contribution in [2.75, 3.05) is 11.4 Å². The Morgan fingerprint density at radius 1 is 0.463 bits per heavy atom. The second kappa shape index (κ2) is 19.5. The van der Waals surface area contributed by atoms with Crippen LogP contribution >= 0.6 is 0 Å². The van der Waals surface area contributed by atoms with Gasteiger partial charge in [-0.25, -0.2) is 4.99 Å². The molecule has 15 rings (SSSR count). The second-order valence-electron chi connectivity index (χ2n) is 21.4. The number of anilines is 1. The Morgan fingerprint density at radius 2 is 1.12 bits per heavy atom. The second-order valence-corrected chi connectivity index (χ2v) is 21.4. The Kier molecular flexibility index (Phi) is 11.5. The minimum absolute atomic E-state index is 0.263. The van der Waals surface area contributed by atoms with E-state index in [-0.39, 0.29) is 11.8 Å². The summed E-state index contributed by atoms with van der Waals surface area (Å²) in [5.41, 5.74) is 17.3. The fourth-order valence-electron chi connectivity index (χ4n) is 12.7. The first-order valence-corrected chi connectivity index (χ1v) is 27.8. The minimum atomic E-state index is -0.295. The van der Waals surface area contributed by atoms with Gasteiger partial charge in [0.15, 0.2) is 5.58 Å². The normalized spacial score (nSPS) is 13.3. The topological polar surface area (TPSA) is 41.9 Å². The summed E-state index contributed by atoms with van der Waals surface area (Å²) in [5.74, 6) is -0.0327. The average Bonchev–Trinajstić information content (AvgIpc) is 4.23. The van der Waals surface area contributed by atoms with E-state index in [1.165, 1.54) is 33.0 Å². The van der Waals surface area contributed by atoms with Crippen molar-refractivity contribution in [3.05, 3.63) is 300 Å². The van der Waals surface area contributed by atoms with Crippen molar-refractivity contribution in [1.29, 1.82) is 0 Å². The molecule has 0 radical (unpaired) electrons. The molecule has 0 fully saturated rings. The Hall–Kier alpha value is -10.0. The van der Waals surface area contributed by atoms with Gasteiger partial charge in [-0.1, -0.05) is 232 Å². The summed E-state index contributed by atoms with van der Waals surface area (Å²) in [6, 6.07) is 88.0. The number of rotatable bonds is 10. The Balaban J connectivity index is 1.21. The lowest BCUT2D eigenvalue weighted by atomic mass is 9.75. The lowest BCUT2D eigenvalue weighted by molar-refractivity contribution is 0.669. The van der Waals surface area contributed by atoms with Gasteiger partial charge in [-0.15, -0.1) is 0 Å². The van der Waals surface area contributed by atoms with Crippen molar-refractivity contribution in [2.24, 2.45) is 4.99 Å². The molecule has 80 heavy (non-hydrogen) atoms. The van der Waals surface area contributed by atoms with Crippen molar-refractivity contribution < 1.29 is 8.83 Å². The van der Waals surface area contributed by atoms with Gasteiger partial charge in [-0.3, -0.25) is 0 Å². The Bertz CT molecular complexity index is 4800. The molecule has 2 aromatic heterocycles. The predicted molar refractivity (Wildman–Crippen MR) is 336 cm³/mol. The number of benzene rings is 12. The van der Waals surface area contributed by atoms with Gasteiger partial charge in [0.05, 0.1) is 17.1 Å². The highest BCUT2D eigenvalue weighted by Crippen LogP contribution is 2.53. The summed E-state index contributed by atoms with van der Waals surface area (Å²) in [6.07, 6.45) is 8.55. The maximum Gasteiger partial charge on any atom is 0.159 e. The lowest BCUT2D eigenvalue weighted by Crippen LogP contribution is -2.17. The van der Waals surface area contributed by atoms with E-state index in [4.69, 9.17) is 13.8 Å². The number of furan rings is 2. The van der Waals surface area contributed by atoms with Gasteiger partial charge in [0.1, 0.15) is 16.7 Å². The van der Waals surface area contributed by atoms with E-state index >= 15 is 0 Å². The molecule has 0 aliphatic carbocycles. The average molecular weight is 1030 g/mol. The van der Waals surface area contributed by atoms with Gasteiger partial charge < -0.3 is 13.7 Å². The third kappa shape index (κ3) is 7.86. The highest BCUT2D eigenvalue weighted by atomic mass is 16.3. The SMILES string of the molecule is CC(C)c1cccc2oc3c(ccc4c(C(=Nc5ccccc5)c5ccccc5)c(C(c5ccccc5)c5ccc6ccccc6c5)c5cc(-c6ccc(-c7ccccc7)cc6)c6oc7c(N8C=CC=CC8)cccc7c6c5c43)c12. The molecular formula is C76H54N2O2. The molecule has 4 nitrogen and oxygen atoms in total. The molecule has 0 amide bonds. The standard InChI is InChI=1S/C76H54N2O2/c1-48(2)58-32-21-35-65-67(58)61-43-42-59-70(73(54-27-12-5-13-28-54)77-57-30-14-6-15-31-57)68(66(53-25-10-4-11-26-53)56-41-38-50-24-16-17-29-55(50)46-56)63-47-62(52-39-36-51(37-40-52)49-22-8-3-9-23-49)76-72(69(63)71(59)75(61)79-65)60-33-20-34-64(74(60)80-76)78-44-18-7-19-45-78/h3-44,46-48,66H,45H2,1-2H3. The van der Waals surface area contributed by atoms with E-state index in [0.717, 1.165) is 122 Å². The number of allylic oxidation sites excluding steroid dienone is 2. The third-order valence-corrected chi connectivity index (χ3v) is 16.4. The number of fused-ring (bicyclic) bond motifs is 12. The summed E-state index contributed by atoms with van der Waals surface area (Å²) >= 11 is 0. The summed E-state index contributed by atoms with van der Waals surface area (Å²) in [7, 11) is 0. The van der Waals surface area contributed by atoms with Crippen LogP contribution in [0.3, 0.4) is 0 Å². The fraction of sp³-hybridized carbons (Fsp3) is 0.0658. The Morgan fingerprint density at radius 3 is 1.89 bits per heavy atom. The summed E-state index contributed by atoms with van der Waals surface area (Å²) in [4.78, 5) is 8.11. The van der Waals surface area contributed by atoms with Crippen LogP contribution in [0.5, 0.6) is 0 Å². The first-order valence-electron chi connectivity index (χ1n) is 27.8. The van der Waals surface area contributed by atoms with Crippen molar-refractivity contribution in [1.82, 2.24) is 0 Å². The van der Waals surface area contributed by atoms with Crippen LogP contribution in [0, 0.1) is 0 Å². The molecule has 0 saturated heterocycles. The number of hydrogen-bond donors (Lipinski definition) is 0. The fourth-order valence-corrected chi connectivity index (χ4v) is 12.7. The van der Waals surface area contributed by atoms with E-state index in [2.05, 4.69) is 286 Å². The van der Waals surface area contributed by atoms with E-state index in [1.807, 2.05) is 0 Å². The highest BCUT2D eigenvalue weighted by Gasteiger charge is 2.33. The highest BCUT2D eigenvalue weighted by molar-refractivity contribution is 6.39. The van der Waals surface area contributed by atoms with Crippen LogP contribution < -0.4 is 4.90 Å². The smallest absolute Gasteiger partial charge is 0.159 e. The summed E-state index contributed by atoms with van der Waals surface area (Å²) < 4.78 is 15.1. The van der Waals surface area contributed by atoms with Gasteiger partial charge in [-0.05, 0) is 109 Å². The zero-order valence-corrected chi connectivity index (χ0v) is 44.5. The van der Waals surface area contributed by atoms with Gasteiger partial charge in [-0.2, -0.15) is 0 Å². The first kappa shape index (κ1) is 47.2. The molecule has 0 bridgehead atoms. The molecular weight excluding hydrogens is 973 g/mol. The van der Waals surface area contributed by atoms with Crippen LogP contribution in [0.15, 0.2) is 281 Å². The zero-order valence-electron chi connectivity index (χ0n) is 44.5.